The number of halogens is 3. The number of alkyl halides is 3. The fraction of sp³-hybridized carbons (Fsp3) is 0.188. The van der Waals surface area contributed by atoms with E-state index in [1.807, 2.05) is 0 Å². The quantitative estimate of drug-likeness (QED) is 0.682. The lowest BCUT2D eigenvalue weighted by molar-refractivity contribution is -0.137. The van der Waals surface area contributed by atoms with Crippen molar-refractivity contribution < 1.29 is 18.0 Å². The van der Waals surface area contributed by atoms with Crippen LogP contribution < -0.4 is 0 Å². The standard InChI is InChI=1S/C16H10F3N5O/c1-24-8-23-13-4-9(6-22-15(13)24)14(25)11(5-20)12-3-2-10(7-21-12)16(17,18)19/h2-4,6-8,11H,1H3/t11-/m0/s1. The van der Waals surface area contributed by atoms with Crippen molar-refractivity contribution in [1.29, 1.82) is 5.26 Å². The van der Waals surface area contributed by atoms with Gasteiger partial charge in [0.25, 0.3) is 0 Å². The molecule has 0 bridgehead atoms. The minimum atomic E-state index is -4.54. The average Bonchev–Trinajstić information content (AvgIpc) is 2.96. The number of pyridine rings is 2. The second-order valence-electron chi connectivity index (χ2n) is 5.32. The molecule has 6 nitrogen and oxygen atoms in total. The highest BCUT2D eigenvalue weighted by Gasteiger charge is 2.32. The molecule has 3 heterocycles. The first-order chi connectivity index (χ1) is 11.8. The Morgan fingerprint density at radius 2 is 2.00 bits per heavy atom. The second-order valence-corrected chi connectivity index (χ2v) is 5.32. The van der Waals surface area contributed by atoms with Crippen LogP contribution in [0.2, 0.25) is 0 Å². The fourth-order valence-electron chi connectivity index (χ4n) is 2.32. The summed E-state index contributed by atoms with van der Waals surface area (Å²) in [4.78, 5) is 24.4. The van der Waals surface area contributed by atoms with Gasteiger partial charge in [-0.2, -0.15) is 18.4 Å². The number of Topliss-reactive ketones (excluding diaryl/α,β-unsaturated/α-hetero) is 1. The fourth-order valence-corrected chi connectivity index (χ4v) is 2.32. The number of ketones is 1. The molecule has 25 heavy (non-hydrogen) atoms. The number of rotatable bonds is 3. The lowest BCUT2D eigenvalue weighted by Gasteiger charge is -2.10. The third-order valence-corrected chi connectivity index (χ3v) is 3.64. The molecule has 0 fully saturated rings. The normalized spacial score (nSPS) is 12.8. The molecule has 1 atom stereocenters. The maximum Gasteiger partial charge on any atom is 0.417 e. The van der Waals surface area contributed by atoms with Gasteiger partial charge in [-0.25, -0.2) is 9.97 Å². The van der Waals surface area contributed by atoms with E-state index in [0.717, 1.165) is 12.1 Å². The number of hydrogen-bond acceptors (Lipinski definition) is 5. The molecule has 0 unspecified atom stereocenters. The minimum Gasteiger partial charge on any atom is -0.318 e. The summed E-state index contributed by atoms with van der Waals surface area (Å²) in [5.74, 6) is -1.93. The number of imidazole rings is 1. The molecule has 0 N–H and O–H groups in total. The molecule has 3 aromatic rings. The Morgan fingerprint density at radius 1 is 1.24 bits per heavy atom. The van der Waals surface area contributed by atoms with Gasteiger partial charge in [0.15, 0.2) is 17.3 Å². The molecule has 0 aliphatic carbocycles. The topological polar surface area (TPSA) is 84.5 Å². The van der Waals surface area contributed by atoms with E-state index in [9.17, 15) is 23.2 Å². The van der Waals surface area contributed by atoms with Crippen molar-refractivity contribution in [2.45, 2.75) is 12.1 Å². The molecule has 0 aromatic carbocycles. The molecular weight excluding hydrogens is 335 g/mol. The van der Waals surface area contributed by atoms with Crippen molar-refractivity contribution >= 4 is 16.9 Å². The van der Waals surface area contributed by atoms with Gasteiger partial charge in [0.05, 0.1) is 23.7 Å². The zero-order valence-corrected chi connectivity index (χ0v) is 12.8. The summed E-state index contributed by atoms with van der Waals surface area (Å²) >= 11 is 0. The van der Waals surface area contributed by atoms with E-state index in [-0.39, 0.29) is 11.3 Å². The van der Waals surface area contributed by atoms with E-state index in [1.165, 1.54) is 18.6 Å². The van der Waals surface area contributed by atoms with Crippen molar-refractivity contribution in [3.8, 4) is 6.07 Å². The van der Waals surface area contributed by atoms with Crippen molar-refractivity contribution in [1.82, 2.24) is 19.5 Å². The molecule has 0 spiro atoms. The second kappa shape index (κ2) is 5.98. The lowest BCUT2D eigenvalue weighted by atomic mass is 9.96. The number of nitrogens with zero attached hydrogens (tertiary/aromatic N) is 5. The SMILES string of the molecule is Cn1cnc2cc(C(=O)[C@@H](C#N)c3ccc(C(F)(F)F)cn3)cnc21. The number of carbonyl (C=O) groups excluding carboxylic acids is 1. The number of aromatic nitrogens is 4. The Kier molecular flexibility index (Phi) is 3.96. The molecule has 3 rings (SSSR count). The van der Waals surface area contributed by atoms with Crippen molar-refractivity contribution in [2.75, 3.05) is 0 Å². The van der Waals surface area contributed by atoms with E-state index in [1.54, 1.807) is 17.7 Å². The number of nitriles is 1. The Labute approximate surface area is 139 Å². The van der Waals surface area contributed by atoms with Gasteiger partial charge in [0.1, 0.15) is 5.52 Å². The third-order valence-electron chi connectivity index (χ3n) is 3.64. The first kappa shape index (κ1) is 16.6. The first-order valence-corrected chi connectivity index (χ1v) is 7.05. The van der Waals surface area contributed by atoms with Crippen LogP contribution in [0.25, 0.3) is 11.2 Å². The first-order valence-electron chi connectivity index (χ1n) is 7.05. The van der Waals surface area contributed by atoms with E-state index < -0.39 is 23.4 Å². The summed E-state index contributed by atoms with van der Waals surface area (Å²) in [6.45, 7) is 0. The van der Waals surface area contributed by atoms with Crippen LogP contribution >= 0.6 is 0 Å². The van der Waals surface area contributed by atoms with Gasteiger partial charge in [-0.1, -0.05) is 0 Å². The van der Waals surface area contributed by atoms with Crippen LogP contribution in [0, 0.1) is 11.3 Å². The summed E-state index contributed by atoms with van der Waals surface area (Å²) in [6.07, 6.45) is -1.09. The van der Waals surface area contributed by atoms with Gasteiger partial charge in [-0.3, -0.25) is 9.78 Å². The highest BCUT2D eigenvalue weighted by molar-refractivity contribution is 6.03. The number of aryl methyl sites for hydroxylation is 1. The molecule has 0 saturated heterocycles. The number of hydrogen-bond donors (Lipinski definition) is 0. The van der Waals surface area contributed by atoms with Crippen LogP contribution in [0.3, 0.4) is 0 Å². The summed E-state index contributed by atoms with van der Waals surface area (Å²) in [5, 5.41) is 9.28. The van der Waals surface area contributed by atoms with Gasteiger partial charge in [-0.05, 0) is 18.2 Å². The Balaban J connectivity index is 1.94. The van der Waals surface area contributed by atoms with Crippen molar-refractivity contribution in [3.05, 3.63) is 53.7 Å². The molecule has 0 amide bonds. The smallest absolute Gasteiger partial charge is 0.318 e. The molecule has 0 aliphatic heterocycles. The zero-order valence-electron chi connectivity index (χ0n) is 12.8. The highest BCUT2D eigenvalue weighted by Crippen LogP contribution is 2.29. The maximum absolute atomic E-state index is 12.6. The maximum atomic E-state index is 12.6. The van der Waals surface area contributed by atoms with Gasteiger partial charge in [0, 0.05) is 25.0 Å². The van der Waals surface area contributed by atoms with Crippen LogP contribution in [0.15, 0.2) is 36.9 Å². The molecular formula is C16H10F3N5O. The predicted octanol–water partition coefficient (Wildman–Crippen LogP) is 2.87. The Bertz CT molecular complexity index is 986. The summed E-state index contributed by atoms with van der Waals surface area (Å²) < 4.78 is 39.4. The third kappa shape index (κ3) is 3.06. The zero-order chi connectivity index (χ0) is 18.2. The molecule has 3 aromatic heterocycles. The number of fused-ring (bicyclic) bond motifs is 1. The largest absolute Gasteiger partial charge is 0.417 e. The van der Waals surface area contributed by atoms with E-state index >= 15 is 0 Å². The van der Waals surface area contributed by atoms with Gasteiger partial charge >= 0.3 is 6.18 Å². The van der Waals surface area contributed by atoms with Crippen LogP contribution in [0.1, 0.15) is 27.5 Å². The summed E-state index contributed by atoms with van der Waals surface area (Å²) in [5.41, 5.74) is 0.182. The van der Waals surface area contributed by atoms with Gasteiger partial charge < -0.3 is 4.57 Å². The van der Waals surface area contributed by atoms with Crippen molar-refractivity contribution in [3.63, 3.8) is 0 Å². The van der Waals surface area contributed by atoms with Gasteiger partial charge in [0.2, 0.25) is 0 Å². The van der Waals surface area contributed by atoms with Crippen LogP contribution in [0.4, 0.5) is 13.2 Å². The summed E-state index contributed by atoms with van der Waals surface area (Å²) in [7, 11) is 1.74. The van der Waals surface area contributed by atoms with E-state index in [0.29, 0.717) is 17.4 Å². The Hall–Kier alpha value is -3.28. The predicted molar refractivity (Wildman–Crippen MR) is 80.4 cm³/mol. The molecule has 0 saturated carbocycles. The average molecular weight is 345 g/mol. The van der Waals surface area contributed by atoms with Crippen molar-refractivity contribution in [2.24, 2.45) is 7.05 Å². The molecule has 0 radical (unpaired) electrons. The summed E-state index contributed by atoms with van der Waals surface area (Å²) in [6, 6.07) is 5.09. The lowest BCUT2D eigenvalue weighted by Crippen LogP contribution is -2.14. The monoisotopic (exact) mass is 345 g/mol. The van der Waals surface area contributed by atoms with E-state index in [2.05, 4.69) is 15.0 Å². The van der Waals surface area contributed by atoms with Crippen LogP contribution in [-0.2, 0) is 13.2 Å². The van der Waals surface area contributed by atoms with E-state index in [4.69, 9.17) is 0 Å². The molecule has 0 aliphatic rings. The molecule has 126 valence electrons. The van der Waals surface area contributed by atoms with Crippen LogP contribution in [-0.4, -0.2) is 25.3 Å². The Morgan fingerprint density at radius 3 is 2.60 bits per heavy atom. The highest BCUT2D eigenvalue weighted by atomic mass is 19.4. The minimum absolute atomic E-state index is 0.0541. The number of carbonyl (C=O) groups is 1. The van der Waals surface area contributed by atoms with Crippen LogP contribution in [0.5, 0.6) is 0 Å². The van der Waals surface area contributed by atoms with Gasteiger partial charge in [-0.15, -0.1) is 0 Å². The molecule has 9 heteroatoms.